The van der Waals surface area contributed by atoms with E-state index in [2.05, 4.69) is 15.5 Å². The summed E-state index contributed by atoms with van der Waals surface area (Å²) >= 11 is 0. The first kappa shape index (κ1) is 22.3. The van der Waals surface area contributed by atoms with Gasteiger partial charge in [-0.2, -0.15) is 5.10 Å². The number of carbonyl (C=O) groups is 2. The van der Waals surface area contributed by atoms with Crippen molar-refractivity contribution in [3.8, 4) is 5.69 Å². The van der Waals surface area contributed by atoms with Crippen LogP contribution in [0.4, 0.5) is 5.69 Å². The minimum atomic E-state index is -0.788. The van der Waals surface area contributed by atoms with E-state index >= 15 is 0 Å². The molecule has 32 heavy (non-hydrogen) atoms. The van der Waals surface area contributed by atoms with E-state index in [0.29, 0.717) is 12.2 Å². The predicted octanol–water partition coefficient (Wildman–Crippen LogP) is 3.34. The summed E-state index contributed by atoms with van der Waals surface area (Å²) in [6.45, 7) is 5.81. The first-order chi connectivity index (χ1) is 15.3. The minimum absolute atomic E-state index is 0.290. The summed E-state index contributed by atoms with van der Waals surface area (Å²) in [5.74, 6) is -1.19. The van der Waals surface area contributed by atoms with Gasteiger partial charge in [-0.1, -0.05) is 6.07 Å². The molecule has 0 atom stereocenters. The molecule has 0 saturated heterocycles. The van der Waals surface area contributed by atoms with Crippen LogP contribution in [0.3, 0.4) is 0 Å². The number of amides is 1. The van der Waals surface area contributed by atoms with Gasteiger partial charge >= 0.3 is 11.7 Å². The molecule has 0 aliphatic rings. The van der Waals surface area contributed by atoms with Crippen LogP contribution in [0, 0.1) is 24.0 Å². The van der Waals surface area contributed by atoms with Crippen LogP contribution in [-0.2, 0) is 4.74 Å². The molecule has 2 heterocycles. The topological polar surface area (TPSA) is 129 Å². The molecule has 3 rings (SSSR count). The normalized spacial score (nSPS) is 10.8. The van der Waals surface area contributed by atoms with Crippen LogP contribution in [0.1, 0.15) is 44.7 Å². The third-order valence-electron chi connectivity index (χ3n) is 4.65. The fourth-order valence-electron chi connectivity index (χ4n) is 3.23. The van der Waals surface area contributed by atoms with Gasteiger partial charge in [0.1, 0.15) is 0 Å². The van der Waals surface area contributed by atoms with Crippen molar-refractivity contribution in [2.24, 2.45) is 5.10 Å². The summed E-state index contributed by atoms with van der Waals surface area (Å²) in [5.41, 5.74) is 5.19. The molecule has 0 radical (unpaired) electrons. The largest absolute Gasteiger partial charge is 0.462 e. The Morgan fingerprint density at radius 2 is 2.03 bits per heavy atom. The molecule has 164 valence electrons. The monoisotopic (exact) mass is 435 g/mol. The van der Waals surface area contributed by atoms with Gasteiger partial charge < -0.3 is 9.30 Å². The van der Waals surface area contributed by atoms with Gasteiger partial charge in [-0.15, -0.1) is 0 Å². The van der Waals surface area contributed by atoms with E-state index in [0.717, 1.165) is 22.6 Å². The fraction of sp³-hybridized carbons (Fsp3) is 0.182. The molecule has 0 bridgehead atoms. The Bertz CT molecular complexity index is 1220. The van der Waals surface area contributed by atoms with E-state index in [1.165, 1.54) is 24.5 Å². The maximum atomic E-state index is 12.3. The summed E-state index contributed by atoms with van der Waals surface area (Å²) in [4.78, 5) is 38.5. The van der Waals surface area contributed by atoms with E-state index < -0.39 is 22.5 Å². The Balaban J connectivity index is 1.82. The molecular weight excluding hydrogens is 414 g/mol. The molecule has 1 aromatic carbocycles. The van der Waals surface area contributed by atoms with Crippen LogP contribution in [0.5, 0.6) is 0 Å². The minimum Gasteiger partial charge on any atom is -0.462 e. The average molecular weight is 435 g/mol. The van der Waals surface area contributed by atoms with Crippen LogP contribution >= 0.6 is 0 Å². The predicted molar refractivity (Wildman–Crippen MR) is 117 cm³/mol. The maximum Gasteiger partial charge on any atom is 0.338 e. The molecule has 10 heteroatoms. The Morgan fingerprint density at radius 3 is 2.75 bits per heavy atom. The van der Waals surface area contributed by atoms with Gasteiger partial charge in [0.2, 0.25) is 5.69 Å². The van der Waals surface area contributed by atoms with E-state index in [1.807, 2.05) is 30.5 Å². The highest BCUT2D eigenvalue weighted by atomic mass is 16.6. The summed E-state index contributed by atoms with van der Waals surface area (Å²) < 4.78 is 7.00. The van der Waals surface area contributed by atoms with Crippen molar-refractivity contribution in [1.29, 1.82) is 0 Å². The van der Waals surface area contributed by atoms with Gasteiger partial charge in [-0.3, -0.25) is 14.9 Å². The van der Waals surface area contributed by atoms with Crippen LogP contribution in [0.15, 0.2) is 53.8 Å². The maximum absolute atomic E-state index is 12.3. The fourth-order valence-corrected chi connectivity index (χ4v) is 3.23. The molecule has 0 fully saturated rings. The van der Waals surface area contributed by atoms with Gasteiger partial charge in [0.05, 0.1) is 23.3 Å². The summed E-state index contributed by atoms with van der Waals surface area (Å²) in [7, 11) is 0. The van der Waals surface area contributed by atoms with Crippen LogP contribution in [-0.4, -0.2) is 39.2 Å². The number of hydrazone groups is 1. The number of carbonyl (C=O) groups excluding carboxylic acids is 2. The number of rotatable bonds is 7. The van der Waals surface area contributed by atoms with E-state index in [-0.39, 0.29) is 5.69 Å². The van der Waals surface area contributed by atoms with Crippen molar-refractivity contribution >= 4 is 23.8 Å². The number of nitrogens with one attached hydrogen (secondary N) is 1. The van der Waals surface area contributed by atoms with Crippen LogP contribution in [0.2, 0.25) is 0 Å². The van der Waals surface area contributed by atoms with Crippen molar-refractivity contribution in [3.63, 3.8) is 0 Å². The van der Waals surface area contributed by atoms with E-state index in [4.69, 9.17) is 4.74 Å². The molecule has 1 N–H and O–H groups in total. The molecule has 0 saturated carbocycles. The SMILES string of the molecule is CCOC(=O)c1cccc(-n2c(C)cc(/C=N\NC(=O)c3ncccc3[N+](=O)[O-])c2C)c1. The number of nitrogens with zero attached hydrogens (tertiary/aromatic N) is 4. The van der Waals surface area contributed by atoms with Crippen molar-refractivity contribution in [2.75, 3.05) is 6.61 Å². The van der Waals surface area contributed by atoms with E-state index in [9.17, 15) is 19.7 Å². The standard InChI is InChI=1S/C22H21N5O5/c1-4-32-22(29)16-7-5-8-18(12-16)26-14(2)11-17(15(26)3)13-24-25-21(28)20-19(27(30)31)9-6-10-23-20/h5-13H,4H2,1-3H3,(H,25,28)/b24-13-. The molecule has 2 aromatic heterocycles. The molecule has 3 aromatic rings. The number of nitro groups is 1. The van der Waals surface area contributed by atoms with Gasteiger partial charge in [0.25, 0.3) is 5.91 Å². The lowest BCUT2D eigenvalue weighted by Gasteiger charge is -2.11. The molecule has 1 amide bonds. The Hall–Kier alpha value is -4.34. The number of benzene rings is 1. The number of aryl methyl sites for hydroxylation is 1. The number of aromatic nitrogens is 2. The zero-order chi connectivity index (χ0) is 23.3. The second kappa shape index (κ2) is 9.65. The van der Waals surface area contributed by atoms with Gasteiger partial charge in [0.15, 0.2) is 0 Å². The smallest absolute Gasteiger partial charge is 0.338 e. The molecule has 0 aliphatic heterocycles. The van der Waals surface area contributed by atoms with Crippen LogP contribution in [0.25, 0.3) is 5.69 Å². The number of hydrogen-bond acceptors (Lipinski definition) is 7. The summed E-state index contributed by atoms with van der Waals surface area (Å²) in [6.07, 6.45) is 2.74. The number of pyridine rings is 1. The van der Waals surface area contributed by atoms with E-state index in [1.54, 1.807) is 25.1 Å². The second-order valence-electron chi connectivity index (χ2n) is 6.76. The second-order valence-corrected chi connectivity index (χ2v) is 6.76. The zero-order valence-corrected chi connectivity index (χ0v) is 17.7. The van der Waals surface area contributed by atoms with Crippen molar-refractivity contribution in [3.05, 3.63) is 87.0 Å². The highest BCUT2D eigenvalue weighted by Crippen LogP contribution is 2.21. The van der Waals surface area contributed by atoms with Crippen molar-refractivity contribution in [2.45, 2.75) is 20.8 Å². The van der Waals surface area contributed by atoms with Crippen LogP contribution < -0.4 is 5.43 Å². The molecule has 0 unspecified atom stereocenters. The molecule has 10 nitrogen and oxygen atoms in total. The lowest BCUT2D eigenvalue weighted by molar-refractivity contribution is -0.385. The van der Waals surface area contributed by atoms with Crippen molar-refractivity contribution in [1.82, 2.24) is 15.0 Å². The van der Waals surface area contributed by atoms with Gasteiger partial charge in [0, 0.05) is 34.9 Å². The molecule has 0 spiro atoms. The third-order valence-corrected chi connectivity index (χ3v) is 4.65. The third kappa shape index (κ3) is 4.69. The lowest BCUT2D eigenvalue weighted by Crippen LogP contribution is -2.20. The number of hydrogen-bond donors (Lipinski definition) is 1. The van der Waals surface area contributed by atoms with Crippen molar-refractivity contribution < 1.29 is 19.2 Å². The molecular formula is C22H21N5O5. The highest BCUT2D eigenvalue weighted by Gasteiger charge is 2.20. The Kier molecular flexibility index (Phi) is 6.74. The summed E-state index contributed by atoms with van der Waals surface area (Å²) in [6, 6.07) is 11.5. The van der Waals surface area contributed by atoms with Gasteiger partial charge in [-0.05, 0) is 51.1 Å². The highest BCUT2D eigenvalue weighted by molar-refractivity contribution is 5.96. The first-order valence-corrected chi connectivity index (χ1v) is 9.72. The molecule has 0 aliphatic carbocycles. The summed E-state index contributed by atoms with van der Waals surface area (Å²) in [5, 5.41) is 15.0. The zero-order valence-electron chi connectivity index (χ0n) is 17.7. The number of ether oxygens (including phenoxy) is 1. The first-order valence-electron chi connectivity index (χ1n) is 9.72. The Morgan fingerprint density at radius 1 is 1.25 bits per heavy atom. The quantitative estimate of drug-likeness (QED) is 0.262. The average Bonchev–Trinajstić information content (AvgIpc) is 3.06. The number of esters is 1. The lowest BCUT2D eigenvalue weighted by atomic mass is 10.2. The van der Waals surface area contributed by atoms with Gasteiger partial charge in [-0.25, -0.2) is 15.2 Å². The Labute approximate surface area is 183 Å².